The van der Waals surface area contributed by atoms with Crippen LogP contribution in [0.15, 0.2) is 54.6 Å². The third-order valence-corrected chi connectivity index (χ3v) is 6.47. The van der Waals surface area contributed by atoms with E-state index in [0.717, 1.165) is 76.3 Å². The molecule has 0 unspecified atom stereocenters. The zero-order valence-electron chi connectivity index (χ0n) is 18.5. The van der Waals surface area contributed by atoms with Crippen LogP contribution in [0, 0.1) is 5.92 Å². The lowest BCUT2D eigenvalue weighted by Crippen LogP contribution is -2.39. The summed E-state index contributed by atoms with van der Waals surface area (Å²) >= 11 is 0. The number of ether oxygens (including phenoxy) is 2. The van der Waals surface area contributed by atoms with E-state index in [1.165, 1.54) is 5.56 Å². The molecule has 1 atom stereocenters. The predicted molar refractivity (Wildman–Crippen MR) is 123 cm³/mol. The fourth-order valence-electron chi connectivity index (χ4n) is 4.62. The highest BCUT2D eigenvalue weighted by molar-refractivity contribution is 5.94. The van der Waals surface area contributed by atoms with Crippen molar-refractivity contribution in [2.24, 2.45) is 5.92 Å². The van der Waals surface area contributed by atoms with Gasteiger partial charge in [0.05, 0.1) is 6.61 Å². The van der Waals surface area contributed by atoms with E-state index in [1.54, 1.807) is 7.11 Å². The van der Waals surface area contributed by atoms with Crippen LogP contribution in [0.25, 0.3) is 0 Å². The molecule has 1 amide bonds. The zero-order valence-corrected chi connectivity index (χ0v) is 18.5. The smallest absolute Gasteiger partial charge is 0.253 e. The second kappa shape index (κ2) is 10.8. The number of carbonyl (C=O) groups excluding carboxylic acids is 1. The molecule has 2 aromatic rings. The highest BCUT2D eigenvalue weighted by atomic mass is 16.5. The van der Waals surface area contributed by atoms with Gasteiger partial charge in [0.15, 0.2) is 0 Å². The van der Waals surface area contributed by atoms with Gasteiger partial charge in [0.1, 0.15) is 11.9 Å². The van der Waals surface area contributed by atoms with Crippen molar-refractivity contribution in [1.82, 2.24) is 9.80 Å². The molecule has 0 N–H and O–H groups in total. The van der Waals surface area contributed by atoms with E-state index in [-0.39, 0.29) is 12.0 Å². The maximum absolute atomic E-state index is 12.7. The number of hydrogen-bond donors (Lipinski definition) is 0. The second-order valence-corrected chi connectivity index (χ2v) is 8.78. The second-order valence-electron chi connectivity index (χ2n) is 8.78. The van der Waals surface area contributed by atoms with Crippen molar-refractivity contribution in [1.29, 1.82) is 0 Å². The van der Waals surface area contributed by atoms with Gasteiger partial charge < -0.3 is 19.3 Å². The molecule has 2 fully saturated rings. The Morgan fingerprint density at radius 1 is 0.968 bits per heavy atom. The molecule has 5 nitrogen and oxygen atoms in total. The van der Waals surface area contributed by atoms with Gasteiger partial charge in [-0.25, -0.2) is 0 Å². The number of nitrogens with zero attached hydrogens (tertiary/aromatic N) is 2. The molecule has 4 rings (SSSR count). The molecule has 0 aromatic heterocycles. The number of carbonyl (C=O) groups is 1. The van der Waals surface area contributed by atoms with Crippen LogP contribution in [-0.4, -0.2) is 68.3 Å². The highest BCUT2D eigenvalue weighted by Gasteiger charge is 2.27. The average Bonchev–Trinajstić information content (AvgIpc) is 3.28. The van der Waals surface area contributed by atoms with Gasteiger partial charge in [-0.1, -0.05) is 30.3 Å². The average molecular weight is 423 g/mol. The Bertz CT molecular complexity index is 816. The summed E-state index contributed by atoms with van der Waals surface area (Å²) in [6.07, 6.45) is 4.47. The van der Waals surface area contributed by atoms with E-state index in [4.69, 9.17) is 9.47 Å². The van der Waals surface area contributed by atoms with Gasteiger partial charge >= 0.3 is 0 Å². The Kier molecular flexibility index (Phi) is 7.60. The molecule has 166 valence electrons. The quantitative estimate of drug-likeness (QED) is 0.647. The van der Waals surface area contributed by atoms with Gasteiger partial charge in [0, 0.05) is 51.3 Å². The van der Waals surface area contributed by atoms with Crippen LogP contribution in [-0.2, 0) is 11.2 Å². The first-order valence-corrected chi connectivity index (χ1v) is 11.5. The third kappa shape index (κ3) is 6.08. The molecule has 0 radical (unpaired) electrons. The standard InChI is InChI=1S/C26H34N2O3/c1-30-20-22-12-18-28(19-22)26(29)23-7-9-24(10-8-23)31-25-13-16-27(17-14-25)15-11-21-5-3-2-4-6-21/h2-10,22,25H,11-20H2,1H3/t22-/m0/s1. The maximum Gasteiger partial charge on any atom is 0.253 e. The molecule has 2 aliphatic heterocycles. The SMILES string of the molecule is COC[C@H]1CCN(C(=O)c2ccc(OC3CCN(CCc4ccccc4)CC3)cc2)C1. The van der Waals surface area contributed by atoms with Crippen LogP contribution in [0.3, 0.4) is 0 Å². The van der Waals surface area contributed by atoms with Gasteiger partial charge in [0.25, 0.3) is 5.91 Å². The Hall–Kier alpha value is -2.37. The van der Waals surface area contributed by atoms with Gasteiger partial charge in [-0.3, -0.25) is 4.79 Å². The van der Waals surface area contributed by atoms with Gasteiger partial charge in [-0.2, -0.15) is 0 Å². The first kappa shape index (κ1) is 21.8. The topological polar surface area (TPSA) is 42.0 Å². The zero-order chi connectivity index (χ0) is 21.5. The summed E-state index contributed by atoms with van der Waals surface area (Å²) in [5.74, 6) is 1.42. The first-order chi connectivity index (χ1) is 15.2. The van der Waals surface area contributed by atoms with Crippen LogP contribution < -0.4 is 4.74 Å². The van der Waals surface area contributed by atoms with Crippen LogP contribution in [0.5, 0.6) is 5.75 Å². The number of amides is 1. The van der Waals surface area contributed by atoms with Crippen molar-refractivity contribution in [3.05, 3.63) is 65.7 Å². The molecule has 0 saturated carbocycles. The molecule has 2 saturated heterocycles. The van der Waals surface area contributed by atoms with Crippen molar-refractivity contribution in [2.45, 2.75) is 31.8 Å². The fraction of sp³-hybridized carbons (Fsp3) is 0.500. The van der Waals surface area contributed by atoms with E-state index in [2.05, 4.69) is 35.2 Å². The Labute approximate surface area is 185 Å². The van der Waals surface area contributed by atoms with Crippen molar-refractivity contribution in [3.63, 3.8) is 0 Å². The molecular formula is C26H34N2O3. The van der Waals surface area contributed by atoms with Crippen LogP contribution >= 0.6 is 0 Å². The van der Waals surface area contributed by atoms with Gasteiger partial charge in [-0.05, 0) is 55.5 Å². The van der Waals surface area contributed by atoms with Gasteiger partial charge in [0.2, 0.25) is 0 Å². The molecule has 0 bridgehead atoms. The minimum Gasteiger partial charge on any atom is -0.490 e. The Morgan fingerprint density at radius 3 is 2.42 bits per heavy atom. The predicted octanol–water partition coefficient (Wildman–Crippen LogP) is 3.88. The number of methoxy groups -OCH3 is 1. The van der Waals surface area contributed by atoms with Crippen LogP contribution in [0.1, 0.15) is 35.2 Å². The lowest BCUT2D eigenvalue weighted by atomic mass is 10.1. The summed E-state index contributed by atoms with van der Waals surface area (Å²) in [6.45, 7) is 5.58. The lowest BCUT2D eigenvalue weighted by molar-refractivity contribution is 0.0775. The van der Waals surface area contributed by atoms with Crippen LogP contribution in [0.2, 0.25) is 0 Å². The van der Waals surface area contributed by atoms with E-state index < -0.39 is 0 Å². The third-order valence-electron chi connectivity index (χ3n) is 6.47. The molecule has 5 heteroatoms. The summed E-state index contributed by atoms with van der Waals surface area (Å²) in [5.41, 5.74) is 2.14. The van der Waals surface area contributed by atoms with Crippen molar-refractivity contribution < 1.29 is 14.3 Å². The molecule has 0 aliphatic carbocycles. The number of likely N-dealkylation sites (tertiary alicyclic amines) is 2. The summed E-state index contributed by atoms with van der Waals surface area (Å²) in [4.78, 5) is 17.2. The highest BCUT2D eigenvalue weighted by Crippen LogP contribution is 2.22. The maximum atomic E-state index is 12.7. The monoisotopic (exact) mass is 422 g/mol. The summed E-state index contributed by atoms with van der Waals surface area (Å²) in [6, 6.07) is 18.4. The van der Waals surface area contributed by atoms with E-state index in [0.29, 0.717) is 5.92 Å². The molecule has 0 spiro atoms. The summed E-state index contributed by atoms with van der Waals surface area (Å²) in [7, 11) is 1.72. The summed E-state index contributed by atoms with van der Waals surface area (Å²) in [5, 5.41) is 0. The van der Waals surface area contributed by atoms with Gasteiger partial charge in [-0.15, -0.1) is 0 Å². The number of benzene rings is 2. The van der Waals surface area contributed by atoms with Crippen molar-refractivity contribution in [2.75, 3.05) is 46.4 Å². The molecule has 31 heavy (non-hydrogen) atoms. The minimum atomic E-state index is 0.108. The number of rotatable bonds is 8. The normalized spacial score (nSPS) is 20.2. The molecular weight excluding hydrogens is 388 g/mol. The largest absolute Gasteiger partial charge is 0.490 e. The van der Waals surface area contributed by atoms with E-state index >= 15 is 0 Å². The Balaban J connectivity index is 1.20. The minimum absolute atomic E-state index is 0.108. The number of hydrogen-bond acceptors (Lipinski definition) is 4. The summed E-state index contributed by atoms with van der Waals surface area (Å²) < 4.78 is 11.4. The van der Waals surface area contributed by atoms with Crippen molar-refractivity contribution >= 4 is 5.91 Å². The molecule has 2 heterocycles. The fourth-order valence-corrected chi connectivity index (χ4v) is 4.62. The van der Waals surface area contributed by atoms with Crippen LogP contribution in [0.4, 0.5) is 0 Å². The van der Waals surface area contributed by atoms with E-state index in [9.17, 15) is 4.79 Å². The molecule has 2 aliphatic rings. The number of piperidine rings is 1. The van der Waals surface area contributed by atoms with Crippen molar-refractivity contribution in [3.8, 4) is 5.75 Å². The molecule has 2 aromatic carbocycles. The first-order valence-electron chi connectivity index (χ1n) is 11.5. The lowest BCUT2D eigenvalue weighted by Gasteiger charge is -2.32. The van der Waals surface area contributed by atoms with E-state index in [1.807, 2.05) is 29.2 Å². The Morgan fingerprint density at radius 2 is 1.71 bits per heavy atom.